The summed E-state index contributed by atoms with van der Waals surface area (Å²) in [6, 6.07) is 6.10. The van der Waals surface area contributed by atoms with Crippen molar-refractivity contribution in [1.29, 1.82) is 0 Å². The van der Waals surface area contributed by atoms with E-state index in [0.717, 1.165) is 37.8 Å². The fourth-order valence-electron chi connectivity index (χ4n) is 1.46. The summed E-state index contributed by atoms with van der Waals surface area (Å²) in [4.78, 5) is 6.72. The molecule has 0 spiro atoms. The maximum absolute atomic E-state index is 5.35. The molecule has 1 rings (SSSR count). The molecule has 0 unspecified atom stereocenters. The molecule has 0 aromatic carbocycles. The molecular weight excluding hydrogens is 188 g/mol. The van der Waals surface area contributed by atoms with Crippen LogP contribution in [0.15, 0.2) is 18.2 Å². The molecule has 0 aliphatic carbocycles. The average Bonchev–Trinajstić information content (AvgIpc) is 2.24. The van der Waals surface area contributed by atoms with E-state index in [0.29, 0.717) is 0 Å². The molecule has 0 atom stereocenters. The van der Waals surface area contributed by atoms with Crippen LogP contribution in [-0.4, -0.2) is 31.3 Å². The lowest BCUT2D eigenvalue weighted by Gasteiger charge is -2.21. The van der Waals surface area contributed by atoms with Crippen molar-refractivity contribution in [2.24, 2.45) is 0 Å². The molecular formula is C12H20N2O. The second kappa shape index (κ2) is 6.40. The molecule has 0 aliphatic heterocycles. The van der Waals surface area contributed by atoms with Crippen molar-refractivity contribution in [1.82, 2.24) is 4.98 Å². The minimum Gasteiger partial charge on any atom is -0.380 e. The highest BCUT2D eigenvalue weighted by molar-refractivity contribution is 5.38. The van der Waals surface area contributed by atoms with Gasteiger partial charge in [0.2, 0.25) is 0 Å². The van der Waals surface area contributed by atoms with Crippen LogP contribution in [0.3, 0.4) is 0 Å². The van der Waals surface area contributed by atoms with Gasteiger partial charge in [-0.25, -0.2) is 4.98 Å². The molecule has 0 aliphatic rings. The number of hydrogen-bond acceptors (Lipinski definition) is 3. The van der Waals surface area contributed by atoms with Gasteiger partial charge in [-0.15, -0.1) is 0 Å². The first-order chi connectivity index (χ1) is 7.27. The van der Waals surface area contributed by atoms with E-state index < -0.39 is 0 Å². The van der Waals surface area contributed by atoms with E-state index in [1.165, 1.54) is 0 Å². The fraction of sp³-hybridized carbons (Fsp3) is 0.583. The van der Waals surface area contributed by atoms with Crippen molar-refractivity contribution < 1.29 is 4.74 Å². The number of hydrogen-bond donors (Lipinski definition) is 0. The Morgan fingerprint density at radius 2 is 2.13 bits per heavy atom. The van der Waals surface area contributed by atoms with Crippen LogP contribution < -0.4 is 4.90 Å². The Hall–Kier alpha value is -1.09. The van der Waals surface area contributed by atoms with E-state index in [4.69, 9.17) is 4.74 Å². The first-order valence-corrected chi connectivity index (χ1v) is 5.54. The Labute approximate surface area is 92.1 Å². The summed E-state index contributed by atoms with van der Waals surface area (Å²) in [7, 11) is 0. The van der Waals surface area contributed by atoms with Crippen molar-refractivity contribution in [3.8, 4) is 0 Å². The highest BCUT2D eigenvalue weighted by Gasteiger charge is 2.04. The molecule has 0 fully saturated rings. The van der Waals surface area contributed by atoms with Crippen LogP contribution in [-0.2, 0) is 4.74 Å². The van der Waals surface area contributed by atoms with Crippen molar-refractivity contribution in [2.45, 2.75) is 20.8 Å². The van der Waals surface area contributed by atoms with Crippen molar-refractivity contribution in [3.05, 3.63) is 23.9 Å². The maximum Gasteiger partial charge on any atom is 0.128 e. The van der Waals surface area contributed by atoms with Gasteiger partial charge >= 0.3 is 0 Å². The predicted molar refractivity (Wildman–Crippen MR) is 63.4 cm³/mol. The SMILES string of the molecule is CCOCCN(CC)c1cccc(C)n1. The zero-order valence-electron chi connectivity index (χ0n) is 9.86. The molecule has 3 nitrogen and oxygen atoms in total. The largest absolute Gasteiger partial charge is 0.380 e. The van der Waals surface area contributed by atoms with Crippen LogP contribution in [0.2, 0.25) is 0 Å². The molecule has 0 saturated heterocycles. The summed E-state index contributed by atoms with van der Waals surface area (Å²) in [6.45, 7) is 9.57. The Morgan fingerprint density at radius 3 is 2.73 bits per heavy atom. The van der Waals surface area contributed by atoms with Gasteiger partial charge in [0.25, 0.3) is 0 Å². The third kappa shape index (κ3) is 3.88. The Morgan fingerprint density at radius 1 is 1.33 bits per heavy atom. The maximum atomic E-state index is 5.35. The topological polar surface area (TPSA) is 25.4 Å². The van der Waals surface area contributed by atoms with E-state index in [9.17, 15) is 0 Å². The van der Waals surface area contributed by atoms with Crippen molar-refractivity contribution in [3.63, 3.8) is 0 Å². The van der Waals surface area contributed by atoms with Gasteiger partial charge in [0.05, 0.1) is 6.61 Å². The summed E-state index contributed by atoms with van der Waals surface area (Å²) in [5.41, 5.74) is 1.06. The number of nitrogens with zero attached hydrogens (tertiary/aromatic N) is 2. The Bertz CT molecular complexity index is 289. The molecule has 1 heterocycles. The summed E-state index contributed by atoms with van der Waals surface area (Å²) < 4.78 is 5.35. The van der Waals surface area contributed by atoms with Crippen molar-refractivity contribution >= 4 is 5.82 Å². The molecule has 3 heteroatoms. The minimum absolute atomic E-state index is 0.764. The summed E-state index contributed by atoms with van der Waals surface area (Å²) >= 11 is 0. The van der Waals surface area contributed by atoms with E-state index in [2.05, 4.69) is 16.8 Å². The highest BCUT2D eigenvalue weighted by atomic mass is 16.5. The van der Waals surface area contributed by atoms with Crippen LogP contribution in [0.4, 0.5) is 5.82 Å². The van der Waals surface area contributed by atoms with Crippen LogP contribution in [0, 0.1) is 6.92 Å². The minimum atomic E-state index is 0.764. The summed E-state index contributed by atoms with van der Waals surface area (Å²) in [6.07, 6.45) is 0. The fourth-order valence-corrected chi connectivity index (χ4v) is 1.46. The zero-order chi connectivity index (χ0) is 11.1. The molecule has 0 N–H and O–H groups in total. The van der Waals surface area contributed by atoms with Gasteiger partial charge < -0.3 is 9.64 Å². The number of anilines is 1. The number of pyridine rings is 1. The highest BCUT2D eigenvalue weighted by Crippen LogP contribution is 2.10. The van der Waals surface area contributed by atoms with Gasteiger partial charge in [0, 0.05) is 25.4 Å². The van der Waals surface area contributed by atoms with Crippen LogP contribution in [0.1, 0.15) is 19.5 Å². The van der Waals surface area contributed by atoms with E-state index in [1.54, 1.807) is 0 Å². The second-order valence-corrected chi connectivity index (χ2v) is 3.41. The quantitative estimate of drug-likeness (QED) is 0.670. The molecule has 0 radical (unpaired) electrons. The molecule has 1 aromatic heterocycles. The molecule has 84 valence electrons. The van der Waals surface area contributed by atoms with Gasteiger partial charge in [-0.2, -0.15) is 0 Å². The van der Waals surface area contributed by atoms with Gasteiger partial charge in [0.1, 0.15) is 5.82 Å². The van der Waals surface area contributed by atoms with Crippen LogP contribution >= 0.6 is 0 Å². The third-order valence-corrected chi connectivity index (χ3v) is 2.29. The number of aromatic nitrogens is 1. The van der Waals surface area contributed by atoms with E-state index in [1.807, 2.05) is 32.0 Å². The smallest absolute Gasteiger partial charge is 0.128 e. The van der Waals surface area contributed by atoms with E-state index in [-0.39, 0.29) is 0 Å². The zero-order valence-corrected chi connectivity index (χ0v) is 9.86. The average molecular weight is 208 g/mol. The lowest BCUT2D eigenvalue weighted by molar-refractivity contribution is 0.154. The van der Waals surface area contributed by atoms with Crippen LogP contribution in [0.5, 0.6) is 0 Å². The Balaban J connectivity index is 2.57. The molecule has 0 amide bonds. The van der Waals surface area contributed by atoms with Gasteiger partial charge in [0.15, 0.2) is 0 Å². The van der Waals surface area contributed by atoms with Crippen LogP contribution in [0.25, 0.3) is 0 Å². The summed E-state index contributed by atoms with van der Waals surface area (Å²) in [5.74, 6) is 1.04. The molecule has 0 bridgehead atoms. The second-order valence-electron chi connectivity index (χ2n) is 3.41. The number of ether oxygens (including phenoxy) is 1. The normalized spacial score (nSPS) is 10.3. The standard InChI is InChI=1S/C12H20N2O/c1-4-14(9-10-15-5-2)12-8-6-7-11(3)13-12/h6-8H,4-5,9-10H2,1-3H3. The number of aryl methyl sites for hydroxylation is 1. The van der Waals surface area contributed by atoms with Crippen molar-refractivity contribution in [2.75, 3.05) is 31.2 Å². The molecule has 1 aromatic rings. The van der Waals surface area contributed by atoms with Gasteiger partial charge in [-0.1, -0.05) is 6.07 Å². The predicted octanol–water partition coefficient (Wildman–Crippen LogP) is 2.25. The first kappa shape index (κ1) is 12.0. The first-order valence-electron chi connectivity index (χ1n) is 5.54. The number of likely N-dealkylation sites (N-methyl/N-ethyl adjacent to an activating group) is 1. The van der Waals surface area contributed by atoms with Gasteiger partial charge in [-0.3, -0.25) is 0 Å². The number of rotatable bonds is 6. The Kier molecular flexibility index (Phi) is 5.12. The molecule has 0 saturated carbocycles. The third-order valence-electron chi connectivity index (χ3n) is 2.29. The lowest BCUT2D eigenvalue weighted by atomic mass is 10.3. The summed E-state index contributed by atoms with van der Waals surface area (Å²) in [5, 5.41) is 0. The molecule has 15 heavy (non-hydrogen) atoms. The van der Waals surface area contributed by atoms with E-state index >= 15 is 0 Å². The van der Waals surface area contributed by atoms with Gasteiger partial charge in [-0.05, 0) is 32.9 Å². The lowest BCUT2D eigenvalue weighted by Crippen LogP contribution is -2.28. The monoisotopic (exact) mass is 208 g/mol.